The van der Waals surface area contributed by atoms with E-state index < -0.39 is 6.67 Å². The Hall–Kier alpha value is -1.18. The topological polar surface area (TPSA) is 45.5 Å². The highest BCUT2D eigenvalue weighted by molar-refractivity contribution is 6.54. The molecule has 3 rings (SSSR count). The second-order valence-electron chi connectivity index (χ2n) is 7.10. The van der Waals surface area contributed by atoms with Gasteiger partial charge in [0.05, 0.1) is 30.6 Å². The number of halogens is 1. The fraction of sp³-hybridized carbons (Fsp3) is 0.688. The van der Waals surface area contributed by atoms with Crippen LogP contribution in [0.15, 0.2) is 23.9 Å². The van der Waals surface area contributed by atoms with E-state index in [0.717, 1.165) is 17.5 Å². The van der Waals surface area contributed by atoms with Crippen molar-refractivity contribution in [3.05, 3.63) is 29.5 Å². The van der Waals surface area contributed by atoms with E-state index in [1.165, 1.54) is 0 Å². The van der Waals surface area contributed by atoms with Gasteiger partial charge in [0.25, 0.3) is 0 Å². The fourth-order valence-electron chi connectivity index (χ4n) is 2.75. The number of ether oxygens (including phenoxy) is 1. The Balaban J connectivity index is 1.77. The largest absolute Gasteiger partial charge is 0.490 e. The summed E-state index contributed by atoms with van der Waals surface area (Å²) in [5, 5.41) is 4.15. The van der Waals surface area contributed by atoms with E-state index in [-0.39, 0.29) is 31.0 Å². The van der Waals surface area contributed by atoms with E-state index in [0.29, 0.717) is 6.61 Å². The molecular weight excluding hydrogens is 298 g/mol. The van der Waals surface area contributed by atoms with Crippen molar-refractivity contribution in [1.82, 2.24) is 9.78 Å². The Morgan fingerprint density at radius 2 is 2.00 bits per heavy atom. The summed E-state index contributed by atoms with van der Waals surface area (Å²) in [4.78, 5) is 0. The molecule has 2 aliphatic rings. The minimum atomic E-state index is -0.429. The third-order valence-electron chi connectivity index (χ3n) is 4.90. The monoisotopic (exact) mass is 322 g/mol. The molecule has 0 radical (unpaired) electrons. The van der Waals surface area contributed by atoms with Crippen LogP contribution in [-0.2, 0) is 20.6 Å². The van der Waals surface area contributed by atoms with Gasteiger partial charge in [0.15, 0.2) is 0 Å². The van der Waals surface area contributed by atoms with Crippen LogP contribution in [0.4, 0.5) is 4.39 Å². The van der Waals surface area contributed by atoms with Gasteiger partial charge in [-0.1, -0.05) is 6.08 Å². The van der Waals surface area contributed by atoms with E-state index in [1.54, 1.807) is 10.9 Å². The van der Waals surface area contributed by atoms with Crippen LogP contribution in [0.2, 0.25) is 0 Å². The van der Waals surface area contributed by atoms with Gasteiger partial charge in [0, 0.05) is 11.8 Å². The molecule has 1 aromatic heterocycles. The molecule has 0 saturated carbocycles. The average molecular weight is 322 g/mol. The standard InChI is InChI=1S/C16H24BFN2O3/c1-15(2)16(3,4)23-17(22-15)13-5-8-21-14(9-13)12-10-19-20(11-12)7-6-18/h9-11,14H,5-8H2,1-4H3. The number of hydrogen-bond donors (Lipinski definition) is 0. The van der Waals surface area contributed by atoms with Crippen LogP contribution >= 0.6 is 0 Å². The second kappa shape index (κ2) is 6.04. The van der Waals surface area contributed by atoms with E-state index in [4.69, 9.17) is 14.0 Å². The molecule has 0 amide bonds. The Labute approximate surface area is 136 Å². The van der Waals surface area contributed by atoms with Gasteiger partial charge in [-0.25, -0.2) is 4.39 Å². The molecule has 0 aromatic carbocycles. The zero-order valence-electron chi connectivity index (χ0n) is 14.2. The molecule has 7 heteroatoms. The molecule has 0 bridgehead atoms. The molecule has 1 aromatic rings. The lowest BCUT2D eigenvalue weighted by Crippen LogP contribution is -2.41. The number of hydrogen-bond acceptors (Lipinski definition) is 4. The average Bonchev–Trinajstić information content (AvgIpc) is 3.03. The van der Waals surface area contributed by atoms with Crippen molar-refractivity contribution in [3.63, 3.8) is 0 Å². The quantitative estimate of drug-likeness (QED) is 0.800. The molecule has 1 unspecified atom stereocenters. The highest BCUT2D eigenvalue weighted by atomic mass is 19.1. The first-order valence-electron chi connectivity index (χ1n) is 8.08. The van der Waals surface area contributed by atoms with Crippen LogP contribution < -0.4 is 0 Å². The Kier molecular flexibility index (Phi) is 4.38. The third-order valence-corrected chi connectivity index (χ3v) is 4.90. The molecule has 1 saturated heterocycles. The number of nitrogens with zero attached hydrogens (tertiary/aromatic N) is 2. The minimum Gasteiger partial charge on any atom is -0.400 e. The number of aromatic nitrogens is 2. The first-order chi connectivity index (χ1) is 10.8. The van der Waals surface area contributed by atoms with Crippen molar-refractivity contribution >= 4 is 7.12 Å². The summed E-state index contributed by atoms with van der Waals surface area (Å²) in [7, 11) is -0.340. The Morgan fingerprint density at radius 1 is 1.30 bits per heavy atom. The Morgan fingerprint density at radius 3 is 2.65 bits per heavy atom. The van der Waals surface area contributed by atoms with E-state index in [1.807, 2.05) is 40.0 Å². The summed E-state index contributed by atoms with van der Waals surface area (Å²) in [5.74, 6) is 0. The summed E-state index contributed by atoms with van der Waals surface area (Å²) in [5.41, 5.74) is 1.32. The summed E-state index contributed by atoms with van der Waals surface area (Å²) in [6.45, 7) is 8.63. The van der Waals surface area contributed by atoms with E-state index in [2.05, 4.69) is 5.10 Å². The maximum absolute atomic E-state index is 12.4. The third kappa shape index (κ3) is 3.23. The maximum atomic E-state index is 12.4. The van der Waals surface area contributed by atoms with Gasteiger partial charge >= 0.3 is 7.12 Å². The van der Waals surface area contributed by atoms with Crippen molar-refractivity contribution < 1.29 is 18.4 Å². The first-order valence-corrected chi connectivity index (χ1v) is 8.08. The van der Waals surface area contributed by atoms with Gasteiger partial charge in [0.2, 0.25) is 0 Å². The zero-order valence-corrected chi connectivity index (χ0v) is 14.2. The highest BCUT2D eigenvalue weighted by Gasteiger charge is 2.52. The van der Waals surface area contributed by atoms with E-state index >= 15 is 0 Å². The molecular formula is C16H24BFN2O3. The smallest absolute Gasteiger partial charge is 0.400 e. The molecule has 1 fully saturated rings. The summed E-state index contributed by atoms with van der Waals surface area (Å²) in [6, 6.07) is 0. The summed E-state index contributed by atoms with van der Waals surface area (Å²) >= 11 is 0. The molecule has 2 aliphatic heterocycles. The minimum absolute atomic E-state index is 0.189. The molecule has 5 nitrogen and oxygen atoms in total. The lowest BCUT2D eigenvalue weighted by atomic mass is 9.74. The van der Waals surface area contributed by atoms with Crippen LogP contribution in [0.5, 0.6) is 0 Å². The van der Waals surface area contributed by atoms with Gasteiger partial charge in [-0.3, -0.25) is 4.68 Å². The van der Waals surface area contributed by atoms with Crippen LogP contribution in [0.25, 0.3) is 0 Å². The first kappa shape index (κ1) is 16.7. The van der Waals surface area contributed by atoms with Crippen molar-refractivity contribution in [2.45, 2.75) is 58.0 Å². The molecule has 3 heterocycles. The lowest BCUT2D eigenvalue weighted by Gasteiger charge is -2.32. The zero-order chi connectivity index (χ0) is 16.7. The van der Waals surface area contributed by atoms with Gasteiger partial charge in [-0.05, 0) is 39.6 Å². The number of rotatable bonds is 4. The van der Waals surface area contributed by atoms with Gasteiger partial charge in [0.1, 0.15) is 12.8 Å². The van der Waals surface area contributed by atoms with Crippen molar-refractivity contribution in [2.75, 3.05) is 13.3 Å². The SMILES string of the molecule is CC1(C)OB(C2=CC(c3cnn(CCF)c3)OCC2)OC1(C)C. The molecule has 23 heavy (non-hydrogen) atoms. The van der Waals surface area contributed by atoms with Crippen molar-refractivity contribution in [1.29, 1.82) is 0 Å². The fourth-order valence-corrected chi connectivity index (χ4v) is 2.75. The molecule has 1 atom stereocenters. The van der Waals surface area contributed by atoms with Crippen LogP contribution in [0, 0.1) is 0 Å². The van der Waals surface area contributed by atoms with Crippen LogP contribution in [0.3, 0.4) is 0 Å². The Bertz CT molecular complexity index is 584. The summed E-state index contributed by atoms with van der Waals surface area (Å²) in [6.07, 6.45) is 6.19. The molecule has 0 aliphatic carbocycles. The molecule has 126 valence electrons. The van der Waals surface area contributed by atoms with Crippen molar-refractivity contribution in [2.24, 2.45) is 0 Å². The highest BCUT2D eigenvalue weighted by Crippen LogP contribution is 2.40. The van der Waals surface area contributed by atoms with Gasteiger partial charge in [-0.15, -0.1) is 0 Å². The number of alkyl halides is 1. The van der Waals surface area contributed by atoms with E-state index in [9.17, 15) is 4.39 Å². The molecule has 0 N–H and O–H groups in total. The van der Waals surface area contributed by atoms with Crippen LogP contribution in [0.1, 0.15) is 45.8 Å². The van der Waals surface area contributed by atoms with Gasteiger partial charge in [-0.2, -0.15) is 5.10 Å². The maximum Gasteiger partial charge on any atom is 0.490 e. The van der Waals surface area contributed by atoms with Crippen molar-refractivity contribution in [3.8, 4) is 0 Å². The van der Waals surface area contributed by atoms with Gasteiger partial charge < -0.3 is 14.0 Å². The second-order valence-corrected chi connectivity index (χ2v) is 7.10. The lowest BCUT2D eigenvalue weighted by molar-refractivity contribution is 0.00578. The normalized spacial score (nSPS) is 26.4. The number of aryl methyl sites for hydroxylation is 1. The van der Waals surface area contributed by atoms with Crippen LogP contribution in [-0.4, -0.2) is 41.4 Å². The summed E-state index contributed by atoms with van der Waals surface area (Å²) < 4.78 is 32.0. The molecule has 0 spiro atoms. The predicted octanol–water partition coefficient (Wildman–Crippen LogP) is 2.87. The predicted molar refractivity (Wildman–Crippen MR) is 85.7 cm³/mol.